The molecule has 0 amide bonds. The van der Waals surface area contributed by atoms with E-state index >= 15 is 0 Å². The zero-order valence-corrected chi connectivity index (χ0v) is 7.50. The van der Waals surface area contributed by atoms with Gasteiger partial charge in [0.1, 0.15) is 0 Å². The maximum atomic E-state index is 11.1. The van der Waals surface area contributed by atoms with Crippen LogP contribution in [0.15, 0.2) is 28.0 Å². The van der Waals surface area contributed by atoms with Gasteiger partial charge in [0, 0.05) is 0 Å². The molecule has 3 N–H and O–H groups in total. The molecule has 0 saturated carbocycles. The van der Waals surface area contributed by atoms with Crippen LogP contribution in [-0.4, -0.2) is 19.9 Å². The van der Waals surface area contributed by atoms with Crippen LogP contribution in [0.5, 0.6) is 0 Å². The van der Waals surface area contributed by atoms with Crippen LogP contribution in [0.25, 0.3) is 22.1 Å². The van der Waals surface area contributed by atoms with Crippen molar-refractivity contribution in [2.45, 2.75) is 0 Å². The molecule has 0 radical (unpaired) electrons. The molecule has 0 atom stereocenters. The minimum atomic E-state index is -0.655. The first-order chi connectivity index (χ1) is 7.24. The van der Waals surface area contributed by atoms with Gasteiger partial charge >= 0.3 is 11.1 Å². The van der Waals surface area contributed by atoms with E-state index < -0.39 is 11.1 Å². The quantitative estimate of drug-likeness (QED) is 0.451. The van der Waals surface area contributed by atoms with Crippen molar-refractivity contribution in [3.8, 4) is 0 Å². The van der Waals surface area contributed by atoms with E-state index in [1.54, 1.807) is 18.5 Å². The van der Waals surface area contributed by atoms with Crippen molar-refractivity contribution in [2.75, 3.05) is 0 Å². The molecule has 0 fully saturated rings. The molecule has 0 aliphatic rings. The molecule has 2 heterocycles. The summed E-state index contributed by atoms with van der Waals surface area (Å²) in [5.41, 5.74) is 1.39. The molecular weight excluding hydrogens is 196 g/mol. The topological polar surface area (TPSA) is 94.4 Å². The third-order valence-corrected chi connectivity index (χ3v) is 2.26. The Bertz CT molecular complexity index is 701. The second-order valence-electron chi connectivity index (χ2n) is 3.23. The average Bonchev–Trinajstić information content (AvgIpc) is 2.63. The zero-order chi connectivity index (χ0) is 10.4. The van der Waals surface area contributed by atoms with Gasteiger partial charge in [0.05, 0.1) is 28.4 Å². The molecule has 6 nitrogen and oxygen atoms in total. The number of aromatic nitrogens is 4. The number of H-pyrrole nitrogens is 3. The molecule has 2 aromatic heterocycles. The van der Waals surface area contributed by atoms with Gasteiger partial charge in [-0.15, -0.1) is 0 Å². The molecule has 0 aliphatic carbocycles. The lowest BCUT2D eigenvalue weighted by Crippen LogP contribution is -2.28. The summed E-state index contributed by atoms with van der Waals surface area (Å²) < 4.78 is 0. The predicted molar refractivity (Wildman–Crippen MR) is 54.8 cm³/mol. The summed E-state index contributed by atoms with van der Waals surface area (Å²) in [6.07, 6.45) is 1.56. The van der Waals surface area contributed by atoms with Gasteiger partial charge in [0.15, 0.2) is 0 Å². The van der Waals surface area contributed by atoms with E-state index in [0.717, 1.165) is 11.0 Å². The molecule has 6 heteroatoms. The van der Waals surface area contributed by atoms with Crippen LogP contribution < -0.4 is 11.1 Å². The van der Waals surface area contributed by atoms with Crippen molar-refractivity contribution in [3.05, 3.63) is 39.2 Å². The summed E-state index contributed by atoms with van der Waals surface area (Å²) in [6.45, 7) is 0. The lowest BCUT2D eigenvalue weighted by molar-refractivity contribution is 1.15. The number of imidazole rings is 1. The summed E-state index contributed by atoms with van der Waals surface area (Å²) in [7, 11) is 0. The highest BCUT2D eigenvalue weighted by Gasteiger charge is 2.02. The van der Waals surface area contributed by atoms with E-state index in [1.165, 1.54) is 0 Å². The van der Waals surface area contributed by atoms with E-state index in [9.17, 15) is 9.59 Å². The van der Waals surface area contributed by atoms with Crippen LogP contribution >= 0.6 is 0 Å². The maximum absolute atomic E-state index is 11.1. The summed E-state index contributed by atoms with van der Waals surface area (Å²) in [5, 5.41) is 0. The molecule has 0 unspecified atom stereocenters. The Morgan fingerprint density at radius 1 is 0.933 bits per heavy atom. The van der Waals surface area contributed by atoms with Crippen molar-refractivity contribution in [2.24, 2.45) is 0 Å². The molecule has 74 valence electrons. The fourth-order valence-corrected chi connectivity index (χ4v) is 1.55. The van der Waals surface area contributed by atoms with Gasteiger partial charge in [0.2, 0.25) is 0 Å². The Hall–Kier alpha value is -2.37. The Balaban J connectivity index is 2.60. The molecule has 15 heavy (non-hydrogen) atoms. The SMILES string of the molecule is O=c1[nH]c2cc3nc[nH]c3cc2[nH]c1=O. The standard InChI is InChI=1S/C9H6N4O2/c14-8-9(15)13-7-2-5-4(10-3-11-5)1-6(7)12-8/h1-3H,(H,10,11)(H,12,14)(H,13,15). The van der Waals surface area contributed by atoms with Gasteiger partial charge in [0.25, 0.3) is 0 Å². The van der Waals surface area contributed by atoms with Gasteiger partial charge in [-0.3, -0.25) is 9.59 Å². The Morgan fingerprint density at radius 3 is 2.33 bits per heavy atom. The highest BCUT2D eigenvalue weighted by Crippen LogP contribution is 2.14. The fraction of sp³-hybridized carbons (Fsp3) is 0. The highest BCUT2D eigenvalue weighted by molar-refractivity contribution is 5.90. The van der Waals surface area contributed by atoms with Gasteiger partial charge < -0.3 is 15.0 Å². The van der Waals surface area contributed by atoms with E-state index in [4.69, 9.17) is 0 Å². The van der Waals surface area contributed by atoms with Crippen LogP contribution in [0.3, 0.4) is 0 Å². The molecule has 0 bridgehead atoms. The maximum Gasteiger partial charge on any atom is 0.314 e. The number of nitrogens with zero attached hydrogens (tertiary/aromatic N) is 1. The number of hydrogen-bond donors (Lipinski definition) is 3. The van der Waals surface area contributed by atoms with E-state index in [2.05, 4.69) is 19.9 Å². The van der Waals surface area contributed by atoms with E-state index in [-0.39, 0.29) is 0 Å². The Morgan fingerprint density at radius 2 is 1.60 bits per heavy atom. The second kappa shape index (κ2) is 2.57. The Kier molecular flexibility index (Phi) is 1.37. The van der Waals surface area contributed by atoms with Crippen molar-refractivity contribution in [3.63, 3.8) is 0 Å². The smallest absolute Gasteiger partial charge is 0.314 e. The van der Waals surface area contributed by atoms with Crippen LogP contribution in [0.1, 0.15) is 0 Å². The van der Waals surface area contributed by atoms with Gasteiger partial charge in [-0.05, 0) is 12.1 Å². The van der Waals surface area contributed by atoms with E-state index in [1.807, 2.05) is 0 Å². The van der Waals surface area contributed by atoms with Gasteiger partial charge in [-0.25, -0.2) is 4.98 Å². The first kappa shape index (κ1) is 7.98. The number of hydrogen-bond acceptors (Lipinski definition) is 3. The lowest BCUT2D eigenvalue weighted by atomic mass is 10.2. The number of nitrogens with one attached hydrogen (secondary N) is 3. The zero-order valence-electron chi connectivity index (χ0n) is 7.50. The third kappa shape index (κ3) is 1.08. The molecule has 3 aromatic rings. The molecule has 3 rings (SSSR count). The van der Waals surface area contributed by atoms with Crippen LogP contribution in [0.2, 0.25) is 0 Å². The minimum Gasteiger partial charge on any atom is -0.345 e. The summed E-state index contributed by atoms with van der Waals surface area (Å²) >= 11 is 0. The van der Waals surface area contributed by atoms with Crippen LogP contribution in [-0.2, 0) is 0 Å². The average molecular weight is 202 g/mol. The fourth-order valence-electron chi connectivity index (χ4n) is 1.55. The van der Waals surface area contributed by atoms with Crippen molar-refractivity contribution in [1.29, 1.82) is 0 Å². The third-order valence-electron chi connectivity index (χ3n) is 2.26. The van der Waals surface area contributed by atoms with Gasteiger partial charge in [-0.1, -0.05) is 0 Å². The largest absolute Gasteiger partial charge is 0.345 e. The molecule has 0 saturated heterocycles. The van der Waals surface area contributed by atoms with Crippen molar-refractivity contribution < 1.29 is 0 Å². The predicted octanol–water partition coefficient (Wildman–Crippen LogP) is 0.0927. The van der Waals surface area contributed by atoms with Gasteiger partial charge in [-0.2, -0.15) is 0 Å². The summed E-state index contributed by atoms with van der Waals surface area (Å²) in [4.78, 5) is 34.1. The molecule has 1 aromatic carbocycles. The monoisotopic (exact) mass is 202 g/mol. The summed E-state index contributed by atoms with van der Waals surface area (Å²) in [6, 6.07) is 3.44. The first-order valence-electron chi connectivity index (χ1n) is 4.33. The first-order valence-corrected chi connectivity index (χ1v) is 4.33. The number of aromatic amines is 3. The Labute approximate surface area is 82.0 Å². The lowest BCUT2D eigenvalue weighted by Gasteiger charge is -1.96. The van der Waals surface area contributed by atoms with Crippen molar-refractivity contribution in [1.82, 2.24) is 19.9 Å². The highest BCUT2D eigenvalue weighted by atomic mass is 16.2. The number of benzene rings is 1. The number of fused-ring (bicyclic) bond motifs is 2. The molecule has 0 aliphatic heterocycles. The molecular formula is C9H6N4O2. The normalized spacial score (nSPS) is 11.2. The molecule has 0 spiro atoms. The van der Waals surface area contributed by atoms with E-state index in [0.29, 0.717) is 11.0 Å². The van der Waals surface area contributed by atoms with Crippen LogP contribution in [0.4, 0.5) is 0 Å². The minimum absolute atomic E-state index is 0.569. The summed E-state index contributed by atoms with van der Waals surface area (Å²) in [5.74, 6) is 0. The van der Waals surface area contributed by atoms with Crippen molar-refractivity contribution >= 4 is 22.1 Å². The number of rotatable bonds is 0. The van der Waals surface area contributed by atoms with Crippen LogP contribution in [0, 0.1) is 0 Å². The second-order valence-corrected chi connectivity index (χ2v) is 3.23.